The maximum atomic E-state index is 3.95. The van der Waals surface area contributed by atoms with Gasteiger partial charge in [0.25, 0.3) is 0 Å². The number of nitrogens with zero attached hydrogens (tertiary/aromatic N) is 4. The van der Waals surface area contributed by atoms with Gasteiger partial charge in [0.15, 0.2) is 5.52 Å². The Labute approximate surface area is 70.2 Å². The summed E-state index contributed by atoms with van der Waals surface area (Å²) in [6.07, 6.45) is 1.47. The summed E-state index contributed by atoms with van der Waals surface area (Å²) in [5.74, 6) is 0. The van der Waals surface area contributed by atoms with Crippen LogP contribution in [0.25, 0.3) is 11.2 Å². The lowest BCUT2D eigenvalue weighted by atomic mass is 10.4. The molecule has 0 spiro atoms. The maximum Gasteiger partial charge on any atom is 0.204 e. The van der Waals surface area contributed by atoms with Gasteiger partial charge in [-0.1, -0.05) is 13.8 Å². The normalized spacial score (nSPS) is 9.25. The van der Waals surface area contributed by atoms with E-state index in [2.05, 4.69) is 25.4 Å². The summed E-state index contributed by atoms with van der Waals surface area (Å²) >= 11 is 0. The largest absolute Gasteiger partial charge is 0.239 e. The number of aryl methyl sites for hydroxylation is 1. The predicted octanol–water partition coefficient (Wildman–Crippen LogP) is 1.08. The third kappa shape index (κ3) is 1.39. The first kappa shape index (κ1) is 8.58. The molecule has 0 atom stereocenters. The highest BCUT2D eigenvalue weighted by Gasteiger charge is 2.00. The van der Waals surface area contributed by atoms with E-state index in [9.17, 15) is 0 Å². The van der Waals surface area contributed by atoms with E-state index < -0.39 is 0 Å². The number of aromatic amines is 1. The minimum absolute atomic E-state index is 0.618. The first-order valence-electron chi connectivity index (χ1n) is 3.86. The van der Waals surface area contributed by atoms with Gasteiger partial charge in [-0.3, -0.25) is 0 Å². The molecular weight excluding hydrogens is 154 g/mol. The number of aromatic nitrogens is 5. The van der Waals surface area contributed by atoms with Crippen LogP contribution in [-0.2, 0) is 0 Å². The van der Waals surface area contributed by atoms with Crippen molar-refractivity contribution in [2.45, 2.75) is 20.8 Å². The molecule has 5 heteroatoms. The molecule has 0 bridgehead atoms. The third-order valence-electron chi connectivity index (χ3n) is 1.30. The van der Waals surface area contributed by atoms with E-state index in [1.807, 2.05) is 20.8 Å². The Bertz CT molecular complexity index is 353. The summed E-state index contributed by atoms with van der Waals surface area (Å²) in [7, 11) is 0. The van der Waals surface area contributed by atoms with Gasteiger partial charge in [0.2, 0.25) is 5.65 Å². The highest BCUT2D eigenvalue weighted by molar-refractivity contribution is 5.70. The Kier molecular flexibility index (Phi) is 2.68. The monoisotopic (exact) mass is 165 g/mol. The van der Waals surface area contributed by atoms with Gasteiger partial charge in [-0.05, 0) is 6.92 Å². The minimum Gasteiger partial charge on any atom is -0.239 e. The fraction of sp³-hybridized carbons (Fsp3) is 0.429. The molecule has 5 nitrogen and oxygen atoms in total. The number of hydrogen-bond donors (Lipinski definition) is 1. The summed E-state index contributed by atoms with van der Waals surface area (Å²) in [6.45, 7) is 5.87. The highest BCUT2D eigenvalue weighted by Crippen LogP contribution is 2.04. The third-order valence-corrected chi connectivity index (χ3v) is 1.30. The Morgan fingerprint density at radius 1 is 1.17 bits per heavy atom. The van der Waals surface area contributed by atoms with Crippen LogP contribution in [-0.4, -0.2) is 25.4 Å². The molecule has 0 saturated heterocycles. The van der Waals surface area contributed by atoms with Crippen LogP contribution in [0, 0.1) is 6.92 Å². The summed E-state index contributed by atoms with van der Waals surface area (Å²) in [5, 5.41) is 10.1. The van der Waals surface area contributed by atoms with Gasteiger partial charge in [-0.25, -0.2) is 9.97 Å². The van der Waals surface area contributed by atoms with E-state index in [-0.39, 0.29) is 0 Å². The zero-order valence-corrected chi connectivity index (χ0v) is 7.37. The van der Waals surface area contributed by atoms with Gasteiger partial charge in [0.05, 0.1) is 5.69 Å². The van der Waals surface area contributed by atoms with Crippen molar-refractivity contribution in [2.24, 2.45) is 0 Å². The van der Waals surface area contributed by atoms with Crippen molar-refractivity contribution in [2.75, 3.05) is 0 Å². The van der Waals surface area contributed by atoms with Crippen LogP contribution in [0.15, 0.2) is 6.33 Å². The summed E-state index contributed by atoms with van der Waals surface area (Å²) < 4.78 is 0. The average molecular weight is 165 g/mol. The molecule has 12 heavy (non-hydrogen) atoms. The lowest BCUT2D eigenvalue weighted by Crippen LogP contribution is -1.84. The SMILES string of the molecule is CC.Cc1ncnc2n[nH]nc12. The second-order valence-electron chi connectivity index (χ2n) is 1.95. The summed E-state index contributed by atoms with van der Waals surface area (Å²) in [4.78, 5) is 7.83. The topological polar surface area (TPSA) is 67.3 Å². The van der Waals surface area contributed by atoms with Gasteiger partial charge in [0, 0.05) is 0 Å². The molecule has 2 rings (SSSR count). The number of nitrogens with one attached hydrogen (secondary N) is 1. The van der Waals surface area contributed by atoms with Gasteiger partial charge < -0.3 is 0 Å². The number of fused-ring (bicyclic) bond motifs is 1. The smallest absolute Gasteiger partial charge is 0.204 e. The number of H-pyrrole nitrogens is 1. The molecule has 0 aliphatic carbocycles. The van der Waals surface area contributed by atoms with E-state index in [1.54, 1.807) is 0 Å². The fourth-order valence-electron chi connectivity index (χ4n) is 0.789. The van der Waals surface area contributed by atoms with Crippen LogP contribution in [0.1, 0.15) is 19.5 Å². The van der Waals surface area contributed by atoms with E-state index in [0.29, 0.717) is 5.65 Å². The summed E-state index contributed by atoms with van der Waals surface area (Å²) in [5.41, 5.74) is 2.20. The Morgan fingerprint density at radius 2 is 1.92 bits per heavy atom. The molecule has 64 valence electrons. The molecule has 2 heterocycles. The molecule has 1 N–H and O–H groups in total. The van der Waals surface area contributed by atoms with Gasteiger partial charge in [0.1, 0.15) is 6.33 Å². The molecule has 0 aliphatic heterocycles. The van der Waals surface area contributed by atoms with Crippen LogP contribution in [0.5, 0.6) is 0 Å². The zero-order chi connectivity index (χ0) is 8.97. The fourth-order valence-corrected chi connectivity index (χ4v) is 0.789. The van der Waals surface area contributed by atoms with Crippen molar-refractivity contribution >= 4 is 11.2 Å². The van der Waals surface area contributed by atoms with E-state index in [0.717, 1.165) is 11.2 Å². The molecule has 0 aromatic carbocycles. The Morgan fingerprint density at radius 3 is 2.58 bits per heavy atom. The quantitative estimate of drug-likeness (QED) is 0.634. The van der Waals surface area contributed by atoms with Crippen molar-refractivity contribution in [3.8, 4) is 0 Å². The second-order valence-corrected chi connectivity index (χ2v) is 1.95. The van der Waals surface area contributed by atoms with Crippen molar-refractivity contribution in [1.82, 2.24) is 25.4 Å². The molecule has 2 aromatic rings. The maximum absolute atomic E-state index is 3.95. The second kappa shape index (κ2) is 3.75. The molecule has 0 radical (unpaired) electrons. The molecule has 2 aromatic heterocycles. The molecule has 0 saturated carbocycles. The van der Waals surface area contributed by atoms with Crippen LogP contribution in [0.3, 0.4) is 0 Å². The number of hydrogen-bond acceptors (Lipinski definition) is 4. The van der Waals surface area contributed by atoms with E-state index in [4.69, 9.17) is 0 Å². The van der Waals surface area contributed by atoms with Crippen molar-refractivity contribution < 1.29 is 0 Å². The van der Waals surface area contributed by atoms with Crippen LogP contribution >= 0.6 is 0 Å². The van der Waals surface area contributed by atoms with E-state index in [1.165, 1.54) is 6.33 Å². The van der Waals surface area contributed by atoms with E-state index >= 15 is 0 Å². The van der Waals surface area contributed by atoms with Crippen LogP contribution in [0.2, 0.25) is 0 Å². The van der Waals surface area contributed by atoms with Gasteiger partial charge in [-0.2, -0.15) is 10.3 Å². The van der Waals surface area contributed by atoms with Gasteiger partial charge in [-0.15, -0.1) is 5.10 Å². The molecule has 0 fully saturated rings. The number of rotatable bonds is 0. The van der Waals surface area contributed by atoms with Crippen LogP contribution in [0.4, 0.5) is 0 Å². The van der Waals surface area contributed by atoms with Crippen molar-refractivity contribution in [3.63, 3.8) is 0 Å². The molecule has 0 unspecified atom stereocenters. The van der Waals surface area contributed by atoms with Gasteiger partial charge >= 0.3 is 0 Å². The zero-order valence-electron chi connectivity index (χ0n) is 7.37. The van der Waals surface area contributed by atoms with Crippen LogP contribution < -0.4 is 0 Å². The van der Waals surface area contributed by atoms with Crippen molar-refractivity contribution in [3.05, 3.63) is 12.0 Å². The first-order valence-corrected chi connectivity index (χ1v) is 3.86. The molecule has 0 amide bonds. The highest BCUT2D eigenvalue weighted by atomic mass is 15.3. The summed E-state index contributed by atoms with van der Waals surface area (Å²) in [6, 6.07) is 0. The molecular formula is C7H11N5. The predicted molar refractivity (Wildman–Crippen MR) is 45.6 cm³/mol. The lowest BCUT2D eigenvalue weighted by Gasteiger charge is -1.86. The average Bonchev–Trinajstić information content (AvgIpc) is 2.57. The van der Waals surface area contributed by atoms with Crippen molar-refractivity contribution in [1.29, 1.82) is 0 Å². The standard InChI is InChI=1S/C5H5N5.C2H6/c1-3-4-5(7-2-6-3)9-10-8-4;1-2/h2H,1H3,(H,6,7,8,9,10);1-2H3. The lowest BCUT2D eigenvalue weighted by molar-refractivity contribution is 0.954. The Hall–Kier alpha value is -1.52. The first-order chi connectivity index (χ1) is 5.88. The molecule has 0 aliphatic rings. The minimum atomic E-state index is 0.618. The Balaban J connectivity index is 0.000000336.